The summed E-state index contributed by atoms with van der Waals surface area (Å²) in [4.78, 5) is 12.0. The van der Waals surface area contributed by atoms with Crippen LogP contribution in [0, 0.1) is 17.8 Å². The normalized spacial score (nSPS) is 40.7. The Morgan fingerprint density at radius 2 is 1.93 bits per heavy atom. The van der Waals surface area contributed by atoms with E-state index in [1.54, 1.807) is 0 Å². The average Bonchev–Trinajstić information content (AvgIpc) is 2.75. The van der Waals surface area contributed by atoms with Crippen LogP contribution in [0.15, 0.2) is 0 Å². The first-order valence-corrected chi connectivity index (χ1v) is 6.47. The molecular weight excluding hydrogens is 186 g/mol. The van der Waals surface area contributed by atoms with Crippen LogP contribution < -0.4 is 5.32 Å². The Balaban J connectivity index is 1.81. The zero-order chi connectivity index (χ0) is 10.8. The lowest BCUT2D eigenvalue weighted by molar-refractivity contribution is -0.126. The van der Waals surface area contributed by atoms with Gasteiger partial charge in [-0.3, -0.25) is 4.79 Å². The number of nitrogens with one attached hydrogen (secondary N) is 1. The summed E-state index contributed by atoms with van der Waals surface area (Å²) in [6.07, 6.45) is 7.24. The second-order valence-corrected chi connectivity index (χ2v) is 5.64. The average molecular weight is 209 g/mol. The molecule has 0 aromatic rings. The number of amides is 1. The van der Waals surface area contributed by atoms with Gasteiger partial charge in [-0.2, -0.15) is 0 Å². The molecule has 1 amide bonds. The molecule has 0 spiro atoms. The van der Waals surface area contributed by atoms with Gasteiger partial charge in [0.2, 0.25) is 5.91 Å². The van der Waals surface area contributed by atoms with E-state index in [2.05, 4.69) is 19.2 Å². The van der Waals surface area contributed by atoms with Gasteiger partial charge >= 0.3 is 0 Å². The van der Waals surface area contributed by atoms with E-state index in [9.17, 15) is 4.79 Å². The Morgan fingerprint density at radius 3 is 2.47 bits per heavy atom. The summed E-state index contributed by atoms with van der Waals surface area (Å²) in [6.45, 7) is 4.50. The first-order chi connectivity index (χ1) is 7.16. The predicted molar refractivity (Wildman–Crippen MR) is 61.5 cm³/mol. The quantitative estimate of drug-likeness (QED) is 0.744. The molecular formula is C13H23NO. The van der Waals surface area contributed by atoms with Crippen molar-refractivity contribution in [2.24, 2.45) is 17.8 Å². The van der Waals surface area contributed by atoms with Gasteiger partial charge in [0, 0.05) is 12.0 Å². The molecule has 0 aliphatic heterocycles. The highest BCUT2D eigenvalue weighted by molar-refractivity contribution is 5.79. The number of rotatable bonds is 2. The van der Waals surface area contributed by atoms with Crippen molar-refractivity contribution in [2.75, 3.05) is 0 Å². The molecule has 2 aliphatic carbocycles. The van der Waals surface area contributed by atoms with Crippen molar-refractivity contribution in [1.82, 2.24) is 5.32 Å². The van der Waals surface area contributed by atoms with Crippen LogP contribution in [0.2, 0.25) is 0 Å². The van der Waals surface area contributed by atoms with Gasteiger partial charge in [0.25, 0.3) is 0 Å². The molecule has 0 saturated heterocycles. The maximum atomic E-state index is 12.0. The van der Waals surface area contributed by atoms with Gasteiger partial charge in [-0.05, 0) is 43.9 Å². The number of hydrogen-bond donors (Lipinski definition) is 1. The second kappa shape index (κ2) is 4.54. The maximum Gasteiger partial charge on any atom is 0.223 e. The first kappa shape index (κ1) is 11.0. The van der Waals surface area contributed by atoms with Crippen LogP contribution in [0.25, 0.3) is 0 Å². The maximum absolute atomic E-state index is 12.0. The molecule has 2 aliphatic rings. The summed E-state index contributed by atoms with van der Waals surface area (Å²) in [5.74, 6) is 2.04. The highest BCUT2D eigenvalue weighted by Crippen LogP contribution is 2.32. The second-order valence-electron chi connectivity index (χ2n) is 5.64. The lowest BCUT2D eigenvalue weighted by atomic mass is 9.97. The predicted octanol–water partition coefficient (Wildman–Crippen LogP) is 2.73. The van der Waals surface area contributed by atoms with Crippen molar-refractivity contribution < 1.29 is 4.79 Å². The van der Waals surface area contributed by atoms with E-state index < -0.39 is 0 Å². The Morgan fingerprint density at radius 1 is 1.13 bits per heavy atom. The number of hydrogen-bond acceptors (Lipinski definition) is 1. The highest BCUT2D eigenvalue weighted by atomic mass is 16.2. The summed E-state index contributed by atoms with van der Waals surface area (Å²) < 4.78 is 0. The van der Waals surface area contributed by atoms with Crippen molar-refractivity contribution in [3.05, 3.63) is 0 Å². The van der Waals surface area contributed by atoms with Crippen LogP contribution in [-0.4, -0.2) is 11.9 Å². The van der Waals surface area contributed by atoms with E-state index in [1.165, 1.54) is 32.1 Å². The third-order valence-electron chi connectivity index (χ3n) is 4.24. The van der Waals surface area contributed by atoms with Gasteiger partial charge in [0.05, 0.1) is 0 Å². The molecule has 4 unspecified atom stereocenters. The third-order valence-corrected chi connectivity index (χ3v) is 4.24. The highest BCUT2D eigenvalue weighted by Gasteiger charge is 2.32. The van der Waals surface area contributed by atoms with Crippen molar-refractivity contribution in [1.29, 1.82) is 0 Å². The molecule has 2 nitrogen and oxygen atoms in total. The van der Waals surface area contributed by atoms with Crippen molar-refractivity contribution in [3.8, 4) is 0 Å². The van der Waals surface area contributed by atoms with Gasteiger partial charge in [-0.15, -0.1) is 0 Å². The third kappa shape index (κ3) is 2.53. The molecule has 1 N–H and O–H groups in total. The fourth-order valence-electron chi connectivity index (χ4n) is 3.18. The van der Waals surface area contributed by atoms with Gasteiger partial charge in [-0.1, -0.05) is 20.3 Å². The molecule has 15 heavy (non-hydrogen) atoms. The number of carbonyl (C=O) groups excluding carboxylic acids is 1. The molecule has 86 valence electrons. The first-order valence-electron chi connectivity index (χ1n) is 6.47. The Bertz CT molecular complexity index is 239. The van der Waals surface area contributed by atoms with Crippen LogP contribution in [-0.2, 0) is 4.79 Å². The molecule has 0 radical (unpaired) electrons. The smallest absolute Gasteiger partial charge is 0.223 e. The lowest BCUT2D eigenvalue weighted by Crippen LogP contribution is -2.38. The molecule has 2 heteroatoms. The van der Waals surface area contributed by atoms with E-state index in [0.29, 0.717) is 23.8 Å². The van der Waals surface area contributed by atoms with E-state index >= 15 is 0 Å². The largest absolute Gasteiger partial charge is 0.353 e. The summed E-state index contributed by atoms with van der Waals surface area (Å²) in [6, 6.07) is 0.472. The van der Waals surface area contributed by atoms with E-state index in [0.717, 1.165) is 12.3 Å². The van der Waals surface area contributed by atoms with E-state index in [4.69, 9.17) is 0 Å². The van der Waals surface area contributed by atoms with Crippen molar-refractivity contribution >= 4 is 5.91 Å². The zero-order valence-electron chi connectivity index (χ0n) is 9.96. The van der Waals surface area contributed by atoms with Crippen LogP contribution in [0.5, 0.6) is 0 Å². The fourth-order valence-corrected chi connectivity index (χ4v) is 3.18. The molecule has 4 atom stereocenters. The minimum Gasteiger partial charge on any atom is -0.353 e. The van der Waals surface area contributed by atoms with Crippen LogP contribution in [0.1, 0.15) is 52.4 Å². The zero-order valence-corrected chi connectivity index (χ0v) is 9.96. The topological polar surface area (TPSA) is 29.1 Å². The van der Waals surface area contributed by atoms with Crippen LogP contribution in [0.3, 0.4) is 0 Å². The van der Waals surface area contributed by atoms with Crippen LogP contribution in [0.4, 0.5) is 0 Å². The SMILES string of the molecule is CC1CCC(NC(=O)C2CCCC2C)C1. The minimum atomic E-state index is 0.306. The Kier molecular flexibility index (Phi) is 3.32. The molecule has 0 aromatic heterocycles. The van der Waals surface area contributed by atoms with Gasteiger partial charge in [-0.25, -0.2) is 0 Å². The fraction of sp³-hybridized carbons (Fsp3) is 0.923. The summed E-state index contributed by atoms with van der Waals surface area (Å²) >= 11 is 0. The monoisotopic (exact) mass is 209 g/mol. The lowest BCUT2D eigenvalue weighted by Gasteiger charge is -2.19. The summed E-state index contributed by atoms with van der Waals surface area (Å²) in [5.41, 5.74) is 0. The van der Waals surface area contributed by atoms with Gasteiger partial charge in [0.1, 0.15) is 0 Å². The molecule has 2 saturated carbocycles. The van der Waals surface area contributed by atoms with E-state index in [1.807, 2.05) is 0 Å². The van der Waals surface area contributed by atoms with Crippen molar-refractivity contribution in [2.45, 2.75) is 58.4 Å². The van der Waals surface area contributed by atoms with Gasteiger partial charge in [0.15, 0.2) is 0 Å². The molecule has 2 rings (SSSR count). The standard InChI is InChI=1S/C13H23NO/c1-9-6-7-11(8-9)14-13(15)12-5-3-4-10(12)2/h9-12H,3-8H2,1-2H3,(H,14,15). The Hall–Kier alpha value is -0.530. The minimum absolute atomic E-state index is 0.306. The molecule has 0 heterocycles. The number of carbonyl (C=O) groups is 1. The van der Waals surface area contributed by atoms with Crippen LogP contribution >= 0.6 is 0 Å². The Labute approximate surface area is 92.8 Å². The van der Waals surface area contributed by atoms with E-state index in [-0.39, 0.29) is 0 Å². The van der Waals surface area contributed by atoms with Gasteiger partial charge < -0.3 is 5.32 Å². The molecule has 2 fully saturated rings. The summed E-state index contributed by atoms with van der Waals surface area (Å²) in [5, 5.41) is 3.24. The summed E-state index contributed by atoms with van der Waals surface area (Å²) in [7, 11) is 0. The molecule has 0 aromatic carbocycles. The van der Waals surface area contributed by atoms with Crippen molar-refractivity contribution in [3.63, 3.8) is 0 Å². The molecule has 0 bridgehead atoms.